The lowest BCUT2D eigenvalue weighted by Crippen LogP contribution is -2.23. The molecule has 1 aromatic carbocycles. The lowest BCUT2D eigenvalue weighted by Gasteiger charge is -2.05. The van der Waals surface area contributed by atoms with Crippen LogP contribution < -0.4 is 10.7 Å². The maximum Gasteiger partial charge on any atom is 0.149 e. The number of imidazole rings is 1. The van der Waals surface area contributed by atoms with E-state index in [0.717, 1.165) is 22.2 Å². The van der Waals surface area contributed by atoms with E-state index < -0.39 is 0 Å². The molecule has 2 aromatic rings. The number of aliphatic imine (C=N–C) groups is 1. The second-order valence-corrected chi connectivity index (χ2v) is 5.12. The van der Waals surface area contributed by atoms with Gasteiger partial charge in [-0.1, -0.05) is 36.4 Å². The molecule has 0 fully saturated rings. The number of rotatable bonds is 3. The number of nitrogens with one attached hydrogen (secondary N) is 1. The Labute approximate surface area is 125 Å². The molecule has 3 heteroatoms. The highest BCUT2D eigenvalue weighted by atomic mass is 14.9. The third kappa shape index (κ3) is 3.37. The van der Waals surface area contributed by atoms with E-state index in [2.05, 4.69) is 54.4 Å². The van der Waals surface area contributed by atoms with Crippen molar-refractivity contribution in [1.29, 1.82) is 0 Å². The molecule has 3 nitrogen and oxygen atoms in total. The molecule has 0 amide bonds. The van der Waals surface area contributed by atoms with Crippen molar-refractivity contribution in [1.82, 2.24) is 9.97 Å². The molecule has 0 saturated carbocycles. The van der Waals surface area contributed by atoms with Gasteiger partial charge in [0.05, 0.1) is 22.6 Å². The quantitative estimate of drug-likeness (QED) is 0.862. The van der Waals surface area contributed by atoms with Crippen molar-refractivity contribution in [3.63, 3.8) is 0 Å². The smallest absolute Gasteiger partial charge is 0.149 e. The van der Waals surface area contributed by atoms with Crippen LogP contribution in [0, 0.1) is 20.8 Å². The van der Waals surface area contributed by atoms with Crippen LogP contribution in [0.3, 0.4) is 0 Å². The van der Waals surface area contributed by atoms with Gasteiger partial charge in [-0.15, -0.1) is 0 Å². The molecule has 1 aromatic heterocycles. The molecule has 0 radical (unpaired) electrons. The van der Waals surface area contributed by atoms with E-state index in [4.69, 9.17) is 0 Å². The standard InChI is InChI=1S/C18H21N3/c1-6-8-16-15(7-2)20-17(21-16)11-19-18-13(4)9-12(3)10-14(18)5/h6-11H,1H2,2-5H3,(H,20,21)/b15-7+,16-8+,19-11?. The summed E-state index contributed by atoms with van der Waals surface area (Å²) >= 11 is 0. The van der Waals surface area contributed by atoms with Crippen molar-refractivity contribution < 1.29 is 0 Å². The monoisotopic (exact) mass is 279 g/mol. The summed E-state index contributed by atoms with van der Waals surface area (Å²) in [6.07, 6.45) is 7.39. The molecule has 108 valence electrons. The van der Waals surface area contributed by atoms with Gasteiger partial charge in [-0.05, 0) is 44.9 Å². The van der Waals surface area contributed by atoms with Gasteiger partial charge in [0.25, 0.3) is 0 Å². The van der Waals surface area contributed by atoms with Crippen LogP contribution in [0.1, 0.15) is 29.4 Å². The summed E-state index contributed by atoms with van der Waals surface area (Å²) < 4.78 is 0. The van der Waals surface area contributed by atoms with Gasteiger partial charge >= 0.3 is 0 Å². The predicted octanol–water partition coefficient (Wildman–Crippen LogP) is 2.85. The van der Waals surface area contributed by atoms with Gasteiger partial charge in [0.1, 0.15) is 5.82 Å². The Morgan fingerprint density at radius 2 is 1.86 bits per heavy atom. The highest BCUT2D eigenvalue weighted by Gasteiger charge is 2.02. The van der Waals surface area contributed by atoms with E-state index in [1.165, 1.54) is 16.7 Å². The van der Waals surface area contributed by atoms with Gasteiger partial charge in [0.15, 0.2) is 0 Å². The summed E-state index contributed by atoms with van der Waals surface area (Å²) in [5.74, 6) is 0.746. The van der Waals surface area contributed by atoms with Crippen molar-refractivity contribution in [2.75, 3.05) is 0 Å². The molecule has 0 aliphatic heterocycles. The fourth-order valence-electron chi connectivity index (χ4n) is 2.45. The molecule has 0 saturated heterocycles. The van der Waals surface area contributed by atoms with E-state index in [-0.39, 0.29) is 0 Å². The first-order valence-corrected chi connectivity index (χ1v) is 7.02. The Hall–Kier alpha value is -2.42. The highest BCUT2D eigenvalue weighted by Crippen LogP contribution is 2.24. The lowest BCUT2D eigenvalue weighted by molar-refractivity contribution is 1.24. The van der Waals surface area contributed by atoms with Gasteiger partial charge in [-0.3, -0.25) is 4.99 Å². The molecule has 1 heterocycles. The maximum absolute atomic E-state index is 4.59. The lowest BCUT2D eigenvalue weighted by atomic mass is 10.1. The number of hydrogen-bond donors (Lipinski definition) is 1. The van der Waals surface area contributed by atoms with Gasteiger partial charge < -0.3 is 4.98 Å². The van der Waals surface area contributed by atoms with Crippen molar-refractivity contribution in [3.05, 3.63) is 58.0 Å². The molecule has 0 aliphatic rings. The fourth-order valence-corrected chi connectivity index (χ4v) is 2.45. The Balaban J connectivity index is 2.44. The minimum absolute atomic E-state index is 0.746. The number of H-pyrrole nitrogens is 1. The molecule has 0 unspecified atom stereocenters. The number of aromatic amines is 1. The van der Waals surface area contributed by atoms with Crippen molar-refractivity contribution in [2.45, 2.75) is 27.7 Å². The number of allylic oxidation sites excluding steroid dienone is 1. The van der Waals surface area contributed by atoms with Gasteiger partial charge in [0, 0.05) is 0 Å². The summed E-state index contributed by atoms with van der Waals surface area (Å²) in [5, 5.41) is 1.86. The van der Waals surface area contributed by atoms with E-state index in [0.29, 0.717) is 0 Å². The maximum atomic E-state index is 4.59. The number of aromatic nitrogens is 2. The average molecular weight is 279 g/mol. The first kappa shape index (κ1) is 15.0. The second-order valence-electron chi connectivity index (χ2n) is 5.12. The van der Waals surface area contributed by atoms with Gasteiger partial charge in [-0.25, -0.2) is 4.98 Å². The summed E-state index contributed by atoms with van der Waals surface area (Å²) in [6, 6.07) is 4.29. The minimum atomic E-state index is 0.746. The van der Waals surface area contributed by atoms with Crippen LogP contribution in [-0.2, 0) is 0 Å². The van der Waals surface area contributed by atoms with Crippen LogP contribution in [0.5, 0.6) is 0 Å². The molecule has 0 spiro atoms. The molecule has 0 aliphatic carbocycles. The number of benzene rings is 1. The van der Waals surface area contributed by atoms with Crippen molar-refractivity contribution >= 4 is 24.1 Å². The van der Waals surface area contributed by atoms with Crippen LogP contribution >= 0.6 is 0 Å². The van der Waals surface area contributed by atoms with E-state index in [1.54, 1.807) is 12.3 Å². The Morgan fingerprint density at radius 3 is 2.43 bits per heavy atom. The molecule has 1 N–H and O–H groups in total. The minimum Gasteiger partial charge on any atom is -0.337 e. The highest BCUT2D eigenvalue weighted by molar-refractivity contribution is 5.78. The van der Waals surface area contributed by atoms with Crippen LogP contribution in [-0.4, -0.2) is 16.2 Å². The van der Waals surface area contributed by atoms with E-state index in [9.17, 15) is 0 Å². The van der Waals surface area contributed by atoms with Crippen LogP contribution in [0.25, 0.3) is 12.2 Å². The fraction of sp³-hybridized carbons (Fsp3) is 0.222. The topological polar surface area (TPSA) is 41.0 Å². The van der Waals surface area contributed by atoms with Crippen LogP contribution in [0.15, 0.2) is 29.8 Å². The number of hydrogen-bond acceptors (Lipinski definition) is 2. The summed E-state index contributed by atoms with van der Waals surface area (Å²) in [4.78, 5) is 12.3. The van der Waals surface area contributed by atoms with E-state index in [1.807, 2.05) is 19.1 Å². The molecular formula is C18H21N3. The molecule has 2 rings (SSSR count). The number of nitrogens with zero attached hydrogens (tertiary/aromatic N) is 2. The predicted molar refractivity (Wildman–Crippen MR) is 90.5 cm³/mol. The summed E-state index contributed by atoms with van der Waals surface area (Å²) in [6.45, 7) is 11.9. The van der Waals surface area contributed by atoms with Crippen LogP contribution in [0.4, 0.5) is 5.69 Å². The van der Waals surface area contributed by atoms with Gasteiger partial charge in [0.2, 0.25) is 0 Å². The average Bonchev–Trinajstić information content (AvgIpc) is 2.80. The Bertz CT molecular complexity index is 784. The summed E-state index contributed by atoms with van der Waals surface area (Å²) in [7, 11) is 0. The molecular weight excluding hydrogens is 258 g/mol. The number of aryl methyl sites for hydroxylation is 3. The normalized spacial score (nSPS) is 13.3. The Morgan fingerprint density at radius 1 is 1.19 bits per heavy atom. The third-order valence-corrected chi connectivity index (χ3v) is 3.29. The first-order valence-electron chi connectivity index (χ1n) is 7.02. The largest absolute Gasteiger partial charge is 0.337 e. The zero-order valence-electron chi connectivity index (χ0n) is 13.1. The second kappa shape index (κ2) is 6.35. The van der Waals surface area contributed by atoms with Crippen molar-refractivity contribution in [2.24, 2.45) is 4.99 Å². The zero-order valence-corrected chi connectivity index (χ0v) is 13.1. The molecule has 21 heavy (non-hydrogen) atoms. The molecule has 0 atom stereocenters. The summed E-state index contributed by atoms with van der Waals surface area (Å²) in [5.41, 5.74) is 4.62. The Kier molecular flexibility index (Phi) is 4.53. The molecule has 0 bridgehead atoms. The zero-order chi connectivity index (χ0) is 15.4. The SMILES string of the molecule is C=C/C=c1/[nH]c(C=Nc2c(C)cc(C)cc2C)n/c1=C/C. The third-order valence-electron chi connectivity index (χ3n) is 3.29. The van der Waals surface area contributed by atoms with Gasteiger partial charge in [-0.2, -0.15) is 0 Å². The van der Waals surface area contributed by atoms with E-state index >= 15 is 0 Å². The van der Waals surface area contributed by atoms with Crippen molar-refractivity contribution in [3.8, 4) is 0 Å². The van der Waals surface area contributed by atoms with Crippen LogP contribution in [0.2, 0.25) is 0 Å². The first-order chi connectivity index (χ1) is 10.0.